The molecule has 1 aromatic carbocycles. The first kappa shape index (κ1) is 17.7. The van der Waals surface area contributed by atoms with E-state index < -0.39 is 0 Å². The Balaban J connectivity index is 1.33. The highest BCUT2D eigenvalue weighted by atomic mass is 16.2. The molecule has 29 heavy (non-hydrogen) atoms. The van der Waals surface area contributed by atoms with Crippen molar-refractivity contribution in [2.75, 3.05) is 13.1 Å². The van der Waals surface area contributed by atoms with Gasteiger partial charge in [-0.3, -0.25) is 9.89 Å². The summed E-state index contributed by atoms with van der Waals surface area (Å²) in [7, 11) is 1.94. The number of carbonyl (C=O) groups is 1. The lowest BCUT2D eigenvalue weighted by Gasteiger charge is -2.31. The molecule has 0 bridgehead atoms. The minimum Gasteiger partial charge on any atom is -0.338 e. The van der Waals surface area contributed by atoms with Gasteiger partial charge in [0.05, 0.1) is 12.4 Å². The molecule has 1 amide bonds. The van der Waals surface area contributed by atoms with Gasteiger partial charge in [0.15, 0.2) is 0 Å². The minimum absolute atomic E-state index is 0.0590. The minimum atomic E-state index is 0.0590. The molecule has 0 saturated carbocycles. The third kappa shape index (κ3) is 3.03. The van der Waals surface area contributed by atoms with Crippen LogP contribution in [-0.4, -0.2) is 48.3 Å². The number of hydrogen-bond donors (Lipinski definition) is 1. The predicted molar refractivity (Wildman–Crippen MR) is 111 cm³/mol. The summed E-state index contributed by atoms with van der Waals surface area (Å²) in [6.45, 7) is 3.57. The van der Waals surface area contributed by atoms with Crippen molar-refractivity contribution in [3.8, 4) is 11.1 Å². The van der Waals surface area contributed by atoms with Gasteiger partial charge in [0.2, 0.25) is 0 Å². The van der Waals surface area contributed by atoms with E-state index >= 15 is 0 Å². The van der Waals surface area contributed by atoms with Crippen LogP contribution in [0.3, 0.4) is 0 Å². The number of likely N-dealkylation sites (tertiary alicyclic amines) is 1. The zero-order valence-corrected chi connectivity index (χ0v) is 16.7. The number of piperidine rings is 1. The van der Waals surface area contributed by atoms with Crippen molar-refractivity contribution < 1.29 is 4.79 Å². The maximum atomic E-state index is 13.1. The van der Waals surface area contributed by atoms with Crippen LogP contribution in [0.15, 0.2) is 49.1 Å². The summed E-state index contributed by atoms with van der Waals surface area (Å²) in [5.41, 5.74) is 6.28. The van der Waals surface area contributed by atoms with Gasteiger partial charge in [0, 0.05) is 49.7 Å². The Morgan fingerprint density at radius 2 is 2.00 bits per heavy atom. The largest absolute Gasteiger partial charge is 0.338 e. The number of rotatable bonds is 3. The fraction of sp³-hybridized carbons (Fsp3) is 0.318. The van der Waals surface area contributed by atoms with E-state index in [0.717, 1.165) is 31.6 Å². The lowest BCUT2D eigenvalue weighted by atomic mass is 9.89. The van der Waals surface area contributed by atoms with Gasteiger partial charge >= 0.3 is 0 Å². The smallest absolute Gasteiger partial charge is 0.259 e. The van der Waals surface area contributed by atoms with Gasteiger partial charge in [0.1, 0.15) is 11.2 Å². The molecular formula is C22H24N6O. The van der Waals surface area contributed by atoms with Gasteiger partial charge in [0.25, 0.3) is 5.91 Å². The maximum absolute atomic E-state index is 13.1. The lowest BCUT2D eigenvalue weighted by molar-refractivity contribution is 0.0713. The Morgan fingerprint density at radius 3 is 2.79 bits per heavy atom. The molecule has 1 saturated heterocycles. The second-order valence-corrected chi connectivity index (χ2v) is 7.87. The first-order valence-corrected chi connectivity index (χ1v) is 10.00. The van der Waals surface area contributed by atoms with Crippen LogP contribution in [0.4, 0.5) is 0 Å². The van der Waals surface area contributed by atoms with E-state index in [4.69, 9.17) is 0 Å². The molecule has 0 spiro atoms. The van der Waals surface area contributed by atoms with Crippen molar-refractivity contribution in [2.24, 2.45) is 7.05 Å². The van der Waals surface area contributed by atoms with E-state index in [1.165, 1.54) is 22.4 Å². The van der Waals surface area contributed by atoms with Crippen LogP contribution in [0.5, 0.6) is 0 Å². The number of aryl methyl sites for hydroxylation is 2. The van der Waals surface area contributed by atoms with Gasteiger partial charge in [-0.05, 0) is 25.3 Å². The first-order chi connectivity index (χ1) is 14.1. The van der Waals surface area contributed by atoms with Crippen LogP contribution < -0.4 is 0 Å². The summed E-state index contributed by atoms with van der Waals surface area (Å²) in [4.78, 5) is 15.0. The van der Waals surface area contributed by atoms with E-state index in [2.05, 4.69) is 46.5 Å². The number of benzene rings is 1. The molecule has 0 aliphatic carbocycles. The molecule has 148 valence electrons. The molecule has 5 rings (SSSR count). The van der Waals surface area contributed by atoms with Gasteiger partial charge < -0.3 is 9.47 Å². The summed E-state index contributed by atoms with van der Waals surface area (Å²) in [5, 5.41) is 11.8. The van der Waals surface area contributed by atoms with Crippen molar-refractivity contribution in [1.29, 1.82) is 0 Å². The molecule has 0 radical (unpaired) electrons. The average molecular weight is 388 g/mol. The van der Waals surface area contributed by atoms with Crippen LogP contribution in [0, 0.1) is 6.92 Å². The molecule has 1 N–H and O–H groups in total. The fourth-order valence-electron chi connectivity index (χ4n) is 4.39. The molecule has 4 heterocycles. The van der Waals surface area contributed by atoms with Gasteiger partial charge in [-0.15, -0.1) is 0 Å². The normalized spacial score (nSPS) is 15.3. The van der Waals surface area contributed by atoms with E-state index in [1.807, 2.05) is 35.1 Å². The van der Waals surface area contributed by atoms with Crippen molar-refractivity contribution in [3.05, 3.63) is 65.9 Å². The van der Waals surface area contributed by atoms with Gasteiger partial charge in [-0.25, -0.2) is 4.52 Å². The van der Waals surface area contributed by atoms with Gasteiger partial charge in [-0.1, -0.05) is 29.8 Å². The monoisotopic (exact) mass is 388 g/mol. The number of nitrogens with zero attached hydrogens (tertiary/aromatic N) is 5. The molecule has 1 fully saturated rings. The van der Waals surface area contributed by atoms with E-state index in [1.54, 1.807) is 10.7 Å². The molecule has 0 unspecified atom stereocenters. The SMILES string of the molecule is Cc1cccc(-c2cn[nH]c2C2CCN(C(=O)c3cnn4ccn(C)c34)CC2)c1. The predicted octanol–water partition coefficient (Wildman–Crippen LogP) is 3.39. The molecule has 0 atom stereocenters. The van der Waals surface area contributed by atoms with Crippen molar-refractivity contribution in [2.45, 2.75) is 25.7 Å². The zero-order chi connectivity index (χ0) is 20.0. The summed E-state index contributed by atoms with van der Waals surface area (Å²) < 4.78 is 3.68. The number of aromatic nitrogens is 5. The number of carbonyl (C=O) groups excluding carboxylic acids is 1. The number of H-pyrrole nitrogens is 1. The van der Waals surface area contributed by atoms with Crippen LogP contribution >= 0.6 is 0 Å². The Labute approximate surface area is 169 Å². The third-order valence-corrected chi connectivity index (χ3v) is 5.95. The summed E-state index contributed by atoms with van der Waals surface area (Å²) in [6, 6.07) is 8.51. The second kappa shape index (κ2) is 6.92. The maximum Gasteiger partial charge on any atom is 0.259 e. The summed E-state index contributed by atoms with van der Waals surface area (Å²) in [5.74, 6) is 0.433. The summed E-state index contributed by atoms with van der Waals surface area (Å²) in [6.07, 6.45) is 9.21. The molecule has 4 aromatic rings. The van der Waals surface area contributed by atoms with Crippen LogP contribution in [0.1, 0.15) is 40.4 Å². The number of amides is 1. The zero-order valence-electron chi connectivity index (χ0n) is 16.7. The highest BCUT2D eigenvalue weighted by Crippen LogP contribution is 2.34. The van der Waals surface area contributed by atoms with Crippen LogP contribution in [-0.2, 0) is 7.05 Å². The Bertz CT molecular complexity index is 1180. The number of hydrogen-bond acceptors (Lipinski definition) is 3. The number of imidazole rings is 1. The molecule has 3 aromatic heterocycles. The Kier molecular flexibility index (Phi) is 4.23. The number of nitrogens with one attached hydrogen (secondary N) is 1. The second-order valence-electron chi connectivity index (χ2n) is 7.87. The van der Waals surface area contributed by atoms with Crippen molar-refractivity contribution in [3.63, 3.8) is 0 Å². The highest BCUT2D eigenvalue weighted by molar-refractivity contribution is 5.99. The molecule has 7 heteroatoms. The van der Waals surface area contributed by atoms with Crippen LogP contribution in [0.2, 0.25) is 0 Å². The quantitative estimate of drug-likeness (QED) is 0.585. The van der Waals surface area contributed by atoms with Crippen LogP contribution in [0.25, 0.3) is 16.8 Å². The Hall–Kier alpha value is -3.35. The van der Waals surface area contributed by atoms with E-state index in [-0.39, 0.29) is 5.91 Å². The average Bonchev–Trinajstić information content (AvgIpc) is 3.46. The first-order valence-electron chi connectivity index (χ1n) is 10.00. The standard InChI is InChI=1S/C22H24N6O/c1-15-4-3-5-17(12-15)18-13-23-25-20(18)16-6-8-27(9-7-16)22(29)19-14-24-28-11-10-26(2)21(19)28/h3-5,10-14,16H,6-9H2,1-2H3,(H,23,25). The highest BCUT2D eigenvalue weighted by Gasteiger charge is 2.29. The topological polar surface area (TPSA) is 71.2 Å². The third-order valence-electron chi connectivity index (χ3n) is 5.95. The summed E-state index contributed by atoms with van der Waals surface area (Å²) >= 11 is 0. The molecule has 1 aliphatic rings. The lowest BCUT2D eigenvalue weighted by Crippen LogP contribution is -2.38. The van der Waals surface area contributed by atoms with Crippen molar-refractivity contribution in [1.82, 2.24) is 29.3 Å². The number of fused-ring (bicyclic) bond motifs is 1. The fourth-order valence-corrected chi connectivity index (χ4v) is 4.39. The molecule has 7 nitrogen and oxygen atoms in total. The van der Waals surface area contributed by atoms with E-state index in [0.29, 0.717) is 11.5 Å². The number of aromatic amines is 1. The Morgan fingerprint density at radius 1 is 1.17 bits per heavy atom. The van der Waals surface area contributed by atoms with Crippen molar-refractivity contribution >= 4 is 11.6 Å². The molecular weight excluding hydrogens is 364 g/mol. The van der Waals surface area contributed by atoms with E-state index in [9.17, 15) is 4.79 Å². The van der Waals surface area contributed by atoms with Gasteiger partial charge in [-0.2, -0.15) is 10.2 Å². The molecule has 1 aliphatic heterocycles.